The van der Waals surface area contributed by atoms with E-state index in [-0.39, 0.29) is 10.7 Å². The average molecular weight is 217 g/mol. The Hall–Kier alpha value is -1.54. The zero-order chi connectivity index (χ0) is 10.7. The highest BCUT2D eigenvalue weighted by Gasteiger charge is 2.17. The minimum absolute atomic E-state index is 0.186. The lowest BCUT2D eigenvalue weighted by molar-refractivity contribution is 0.111. The number of nitriles is 1. The second kappa shape index (κ2) is 4.11. The highest BCUT2D eigenvalue weighted by atomic mass is 35.5. The summed E-state index contributed by atoms with van der Waals surface area (Å²) in [7, 11) is 0. The molecule has 0 aromatic carbocycles. The van der Waals surface area contributed by atoms with Crippen LogP contribution < -0.4 is 0 Å². The molecule has 1 heterocycles. The molecule has 1 aromatic rings. The number of halogens is 3. The van der Waals surface area contributed by atoms with Crippen molar-refractivity contribution >= 4 is 17.9 Å². The molecule has 0 radical (unpaired) electrons. The zero-order valence-electron chi connectivity index (χ0n) is 6.67. The lowest BCUT2D eigenvalue weighted by atomic mass is 10.2. The topological polar surface area (TPSA) is 53.8 Å². The summed E-state index contributed by atoms with van der Waals surface area (Å²) in [5.41, 5.74) is -1.26. The van der Waals surface area contributed by atoms with E-state index in [1.165, 1.54) is 6.07 Å². The summed E-state index contributed by atoms with van der Waals surface area (Å²) in [6, 6.07) is 2.35. The molecule has 1 rings (SSSR count). The molecule has 0 saturated heterocycles. The second-order valence-corrected chi connectivity index (χ2v) is 2.73. The number of alkyl halides is 2. The third-order valence-corrected chi connectivity index (χ3v) is 1.79. The van der Waals surface area contributed by atoms with Crippen LogP contribution in [0, 0.1) is 11.3 Å². The molecule has 0 spiro atoms. The van der Waals surface area contributed by atoms with Crippen molar-refractivity contribution in [2.45, 2.75) is 6.43 Å². The van der Waals surface area contributed by atoms with Gasteiger partial charge in [0, 0.05) is 0 Å². The van der Waals surface area contributed by atoms with E-state index < -0.39 is 17.7 Å². The Bertz CT molecular complexity index is 415. The molecule has 0 aliphatic carbocycles. The molecule has 14 heavy (non-hydrogen) atoms. The molecule has 0 aliphatic rings. The maximum Gasteiger partial charge on any atom is 0.266 e. The number of carbonyl (C=O) groups is 1. The largest absolute Gasteiger partial charge is 0.296 e. The van der Waals surface area contributed by atoms with Gasteiger partial charge >= 0.3 is 0 Å². The van der Waals surface area contributed by atoms with Gasteiger partial charge in [-0.2, -0.15) is 5.26 Å². The summed E-state index contributed by atoms with van der Waals surface area (Å²) >= 11 is 5.47. The number of hydrogen-bond donors (Lipinski definition) is 0. The van der Waals surface area contributed by atoms with Gasteiger partial charge in [0.15, 0.2) is 6.29 Å². The first-order valence-corrected chi connectivity index (χ1v) is 3.81. The van der Waals surface area contributed by atoms with Gasteiger partial charge in [-0.1, -0.05) is 11.6 Å². The number of nitrogens with zero attached hydrogens (tertiary/aromatic N) is 2. The van der Waals surface area contributed by atoms with Crippen molar-refractivity contribution in [3.63, 3.8) is 0 Å². The maximum absolute atomic E-state index is 12.3. The molecule has 0 atom stereocenters. The van der Waals surface area contributed by atoms with Crippen LogP contribution in [0.3, 0.4) is 0 Å². The molecular weight excluding hydrogens is 214 g/mol. The van der Waals surface area contributed by atoms with Gasteiger partial charge in [0.1, 0.15) is 17.5 Å². The Kier molecular flexibility index (Phi) is 3.10. The van der Waals surface area contributed by atoms with Gasteiger partial charge in [0.2, 0.25) is 0 Å². The predicted octanol–water partition coefficient (Wildman–Crippen LogP) is 2.36. The molecule has 0 unspecified atom stereocenters. The Morgan fingerprint density at radius 1 is 1.64 bits per heavy atom. The molecule has 0 amide bonds. The van der Waals surface area contributed by atoms with E-state index >= 15 is 0 Å². The van der Waals surface area contributed by atoms with E-state index in [2.05, 4.69) is 4.98 Å². The average Bonchev–Trinajstić information content (AvgIpc) is 2.17. The van der Waals surface area contributed by atoms with Crippen molar-refractivity contribution in [3.8, 4) is 6.07 Å². The Morgan fingerprint density at radius 3 is 2.71 bits per heavy atom. The van der Waals surface area contributed by atoms with Crippen LogP contribution in [0.4, 0.5) is 8.78 Å². The number of carbonyl (C=O) groups excluding carboxylic acids is 1. The van der Waals surface area contributed by atoms with Gasteiger partial charge in [-0.25, -0.2) is 13.8 Å². The highest BCUT2D eigenvalue weighted by Crippen LogP contribution is 2.25. The normalized spacial score (nSPS) is 9.93. The quantitative estimate of drug-likeness (QED) is 0.713. The lowest BCUT2D eigenvalue weighted by Crippen LogP contribution is -1.99. The summed E-state index contributed by atoms with van der Waals surface area (Å²) in [5.74, 6) is 0. The van der Waals surface area contributed by atoms with Crippen LogP contribution in [0.25, 0.3) is 0 Å². The monoisotopic (exact) mass is 216 g/mol. The van der Waals surface area contributed by atoms with Crippen LogP contribution in [-0.4, -0.2) is 11.3 Å². The van der Waals surface area contributed by atoms with Crippen LogP contribution in [0.5, 0.6) is 0 Å². The van der Waals surface area contributed by atoms with Gasteiger partial charge in [-0.3, -0.25) is 4.79 Å². The van der Waals surface area contributed by atoms with Crippen molar-refractivity contribution in [2.75, 3.05) is 0 Å². The minimum atomic E-state index is -2.84. The van der Waals surface area contributed by atoms with Gasteiger partial charge < -0.3 is 0 Å². The van der Waals surface area contributed by atoms with Crippen LogP contribution in [0.2, 0.25) is 5.02 Å². The van der Waals surface area contributed by atoms with Crippen molar-refractivity contribution in [1.29, 1.82) is 5.26 Å². The van der Waals surface area contributed by atoms with E-state index in [1.54, 1.807) is 0 Å². The van der Waals surface area contributed by atoms with E-state index in [1.807, 2.05) is 0 Å². The summed E-state index contributed by atoms with van der Waals surface area (Å²) in [4.78, 5) is 13.7. The molecule has 0 saturated carbocycles. The number of pyridine rings is 1. The fourth-order valence-electron chi connectivity index (χ4n) is 0.856. The standard InChI is InChI=1S/C8H3ClF2N2O/c9-5-1-4(8(10)11)6(2-12)13-7(5)3-14/h1,3,8H. The van der Waals surface area contributed by atoms with E-state index in [9.17, 15) is 13.6 Å². The summed E-state index contributed by atoms with van der Waals surface area (Å²) in [6.07, 6.45) is -2.53. The van der Waals surface area contributed by atoms with E-state index in [4.69, 9.17) is 16.9 Å². The molecule has 1 aromatic heterocycles. The van der Waals surface area contributed by atoms with Crippen LogP contribution in [0.1, 0.15) is 28.2 Å². The molecule has 72 valence electrons. The third-order valence-electron chi connectivity index (χ3n) is 1.49. The van der Waals surface area contributed by atoms with Gasteiger partial charge in [0.25, 0.3) is 6.43 Å². The summed E-state index contributed by atoms with van der Waals surface area (Å²) in [6.45, 7) is 0. The van der Waals surface area contributed by atoms with Gasteiger partial charge in [-0.05, 0) is 6.07 Å². The van der Waals surface area contributed by atoms with Crippen molar-refractivity contribution < 1.29 is 13.6 Å². The van der Waals surface area contributed by atoms with Gasteiger partial charge in [0.05, 0.1) is 10.6 Å². The minimum Gasteiger partial charge on any atom is -0.296 e. The predicted molar refractivity (Wildman–Crippen MR) is 44.3 cm³/mol. The molecule has 0 fully saturated rings. The zero-order valence-corrected chi connectivity index (χ0v) is 7.42. The molecule has 0 N–H and O–H groups in total. The molecule has 3 nitrogen and oxygen atoms in total. The first-order chi connectivity index (χ1) is 6.60. The second-order valence-electron chi connectivity index (χ2n) is 2.32. The lowest BCUT2D eigenvalue weighted by Gasteiger charge is -2.03. The maximum atomic E-state index is 12.3. The highest BCUT2D eigenvalue weighted by molar-refractivity contribution is 6.32. The molecule has 0 aliphatic heterocycles. The van der Waals surface area contributed by atoms with Crippen LogP contribution in [-0.2, 0) is 0 Å². The molecular formula is C8H3ClF2N2O. The van der Waals surface area contributed by atoms with Crippen molar-refractivity contribution in [1.82, 2.24) is 4.98 Å². The van der Waals surface area contributed by atoms with Crippen molar-refractivity contribution in [3.05, 3.63) is 28.0 Å². The Morgan fingerprint density at radius 2 is 2.29 bits per heavy atom. The molecule has 0 bridgehead atoms. The fraction of sp³-hybridized carbons (Fsp3) is 0.125. The van der Waals surface area contributed by atoms with Crippen LogP contribution >= 0.6 is 11.6 Å². The van der Waals surface area contributed by atoms with Crippen molar-refractivity contribution in [2.24, 2.45) is 0 Å². The fourth-order valence-corrected chi connectivity index (χ4v) is 1.06. The SMILES string of the molecule is N#Cc1nc(C=O)c(Cl)cc1C(F)F. The van der Waals surface area contributed by atoms with E-state index in [0.717, 1.165) is 6.07 Å². The van der Waals surface area contributed by atoms with E-state index in [0.29, 0.717) is 6.29 Å². The summed E-state index contributed by atoms with van der Waals surface area (Å²) in [5, 5.41) is 8.29. The molecule has 6 heteroatoms. The number of aldehydes is 1. The first-order valence-electron chi connectivity index (χ1n) is 3.44. The number of hydrogen-bond acceptors (Lipinski definition) is 3. The Balaban J connectivity index is 3.40. The van der Waals surface area contributed by atoms with Crippen LogP contribution in [0.15, 0.2) is 6.07 Å². The third kappa shape index (κ3) is 1.86. The number of rotatable bonds is 2. The first kappa shape index (κ1) is 10.5. The Labute approximate surface area is 82.9 Å². The van der Waals surface area contributed by atoms with Gasteiger partial charge in [-0.15, -0.1) is 0 Å². The summed E-state index contributed by atoms with van der Waals surface area (Å²) < 4.78 is 24.6. The smallest absolute Gasteiger partial charge is 0.266 e. The number of aromatic nitrogens is 1.